The summed E-state index contributed by atoms with van der Waals surface area (Å²) in [7, 11) is 0. The normalized spacial score (nSPS) is 12.3. The Kier molecular flexibility index (Phi) is 4.54. The van der Waals surface area contributed by atoms with Gasteiger partial charge in [0.25, 0.3) is 0 Å². The van der Waals surface area contributed by atoms with Crippen LogP contribution in [0, 0.1) is 0 Å². The van der Waals surface area contributed by atoms with Gasteiger partial charge in [-0.15, -0.1) is 22.7 Å². The van der Waals surface area contributed by atoms with Crippen LogP contribution in [0.4, 0.5) is 5.00 Å². The highest BCUT2D eigenvalue weighted by molar-refractivity contribution is 7.22. The van der Waals surface area contributed by atoms with Gasteiger partial charge < -0.3 is 14.8 Å². The highest BCUT2D eigenvalue weighted by Gasteiger charge is 2.20. The number of ether oxygens (including phenoxy) is 2. The van der Waals surface area contributed by atoms with Crippen LogP contribution in [0.25, 0.3) is 21.2 Å². The molecule has 0 fully saturated rings. The minimum absolute atomic E-state index is 0.121. The summed E-state index contributed by atoms with van der Waals surface area (Å²) in [5.41, 5.74) is 1.03. The first-order valence-electron chi connectivity index (χ1n) is 8.97. The second-order valence-electron chi connectivity index (χ2n) is 6.50. The van der Waals surface area contributed by atoms with Crippen molar-refractivity contribution < 1.29 is 14.3 Å². The summed E-state index contributed by atoms with van der Waals surface area (Å²) in [6, 6.07) is 16.7. The second kappa shape index (κ2) is 7.35. The molecule has 29 heavy (non-hydrogen) atoms. The van der Waals surface area contributed by atoms with Crippen LogP contribution in [0.15, 0.2) is 64.8 Å². The van der Waals surface area contributed by atoms with Crippen molar-refractivity contribution in [2.75, 3.05) is 12.1 Å². The summed E-state index contributed by atoms with van der Waals surface area (Å²) in [6.45, 7) is 0.160. The van der Waals surface area contributed by atoms with Gasteiger partial charge in [0, 0.05) is 15.0 Å². The predicted octanol–water partition coefficient (Wildman–Crippen LogP) is 4.90. The van der Waals surface area contributed by atoms with E-state index < -0.39 is 0 Å². The lowest BCUT2D eigenvalue weighted by atomic mass is 10.0. The molecular formula is C22H15NO4S2. The van der Waals surface area contributed by atoms with E-state index in [2.05, 4.69) is 5.32 Å². The molecule has 0 saturated carbocycles. The van der Waals surface area contributed by atoms with Crippen molar-refractivity contribution >= 4 is 43.7 Å². The second-order valence-corrected chi connectivity index (χ2v) is 8.59. The molecule has 144 valence electrons. The third-order valence-corrected chi connectivity index (χ3v) is 6.59. The molecule has 5 nitrogen and oxygen atoms in total. The van der Waals surface area contributed by atoms with Gasteiger partial charge in [-0.2, -0.15) is 0 Å². The Morgan fingerprint density at radius 3 is 2.76 bits per heavy atom. The number of hydrogen-bond acceptors (Lipinski definition) is 6. The zero-order valence-electron chi connectivity index (χ0n) is 15.1. The zero-order valence-corrected chi connectivity index (χ0v) is 16.8. The molecule has 1 aliphatic rings. The van der Waals surface area contributed by atoms with Crippen molar-refractivity contribution in [1.29, 1.82) is 0 Å². The lowest BCUT2D eigenvalue weighted by Gasteiger charge is -2.12. The van der Waals surface area contributed by atoms with Crippen LogP contribution in [-0.2, 0) is 11.2 Å². The fourth-order valence-electron chi connectivity index (χ4n) is 3.29. The third kappa shape index (κ3) is 3.39. The number of carbonyl (C=O) groups is 1. The van der Waals surface area contributed by atoms with Crippen LogP contribution in [0.5, 0.6) is 11.5 Å². The molecule has 5 rings (SSSR count). The molecule has 1 N–H and O–H groups in total. The molecule has 4 aromatic rings. The topological polar surface area (TPSA) is 64.6 Å². The monoisotopic (exact) mass is 421 g/mol. The average Bonchev–Trinajstić information content (AvgIpc) is 3.39. The van der Waals surface area contributed by atoms with Crippen LogP contribution in [-0.4, -0.2) is 12.7 Å². The lowest BCUT2D eigenvalue weighted by molar-refractivity contribution is -0.115. The Morgan fingerprint density at radius 1 is 1.03 bits per heavy atom. The molecule has 0 unspecified atom stereocenters. The van der Waals surface area contributed by atoms with Crippen molar-refractivity contribution in [1.82, 2.24) is 0 Å². The van der Waals surface area contributed by atoms with Crippen LogP contribution in [0.3, 0.4) is 0 Å². The van der Waals surface area contributed by atoms with Crippen LogP contribution in [0.1, 0.15) is 4.88 Å². The van der Waals surface area contributed by atoms with E-state index in [0.29, 0.717) is 33.0 Å². The highest BCUT2D eigenvalue weighted by Crippen LogP contribution is 2.39. The number of nitrogens with one attached hydrogen (secondary N) is 1. The Bertz CT molecular complexity index is 1280. The maximum absolute atomic E-state index is 13.3. The van der Waals surface area contributed by atoms with E-state index in [9.17, 15) is 9.59 Å². The largest absolute Gasteiger partial charge is 0.454 e. The lowest BCUT2D eigenvalue weighted by Crippen LogP contribution is -2.16. The standard InChI is InChI=1S/C22H15NO4S2/c24-19(11-14-4-3-9-28-14)23-22-20(13-7-8-16-17(10-13)27-12-26-16)21(25)15-5-1-2-6-18(15)29-22/h1-10H,11-12H2,(H,23,24). The van der Waals surface area contributed by atoms with Gasteiger partial charge in [-0.1, -0.05) is 24.3 Å². The molecule has 3 heterocycles. The Morgan fingerprint density at radius 2 is 1.90 bits per heavy atom. The Labute approximate surface area is 174 Å². The van der Waals surface area contributed by atoms with Gasteiger partial charge >= 0.3 is 0 Å². The van der Waals surface area contributed by atoms with Gasteiger partial charge in [-0.3, -0.25) is 9.59 Å². The molecule has 0 saturated heterocycles. The Balaban J connectivity index is 1.62. The molecule has 2 aromatic carbocycles. The number of benzene rings is 2. The van der Waals surface area contributed by atoms with Gasteiger partial charge in [0.05, 0.1) is 12.0 Å². The number of amides is 1. The first-order valence-corrected chi connectivity index (χ1v) is 10.7. The molecule has 0 bridgehead atoms. The number of thiophene rings is 1. The SMILES string of the molecule is O=C(Cc1cccs1)Nc1sc2ccccc2c(=O)c1-c1ccc2c(c1)OCO2. The summed E-state index contributed by atoms with van der Waals surface area (Å²) >= 11 is 2.93. The van der Waals surface area contributed by atoms with Crippen LogP contribution < -0.4 is 20.2 Å². The van der Waals surface area contributed by atoms with E-state index >= 15 is 0 Å². The predicted molar refractivity (Wildman–Crippen MR) is 116 cm³/mol. The fourth-order valence-corrected chi connectivity index (χ4v) is 5.10. The van der Waals surface area contributed by atoms with E-state index in [1.807, 2.05) is 47.8 Å². The van der Waals surface area contributed by atoms with Crippen LogP contribution >= 0.6 is 22.7 Å². The summed E-state index contributed by atoms with van der Waals surface area (Å²) in [4.78, 5) is 27.0. The maximum atomic E-state index is 13.3. The molecular weight excluding hydrogens is 406 g/mol. The molecule has 0 atom stereocenters. The van der Waals surface area contributed by atoms with E-state index in [-0.39, 0.29) is 24.5 Å². The summed E-state index contributed by atoms with van der Waals surface area (Å²) in [6.07, 6.45) is 0.270. The minimum atomic E-state index is -0.152. The molecule has 7 heteroatoms. The van der Waals surface area contributed by atoms with E-state index in [1.165, 1.54) is 22.7 Å². The molecule has 0 aliphatic carbocycles. The van der Waals surface area contributed by atoms with Crippen molar-refractivity contribution in [3.8, 4) is 22.6 Å². The molecule has 0 radical (unpaired) electrons. The first kappa shape index (κ1) is 17.9. The van der Waals surface area contributed by atoms with E-state index in [1.54, 1.807) is 12.1 Å². The van der Waals surface area contributed by atoms with Crippen molar-refractivity contribution in [3.63, 3.8) is 0 Å². The van der Waals surface area contributed by atoms with Gasteiger partial charge in [-0.05, 0) is 41.3 Å². The highest BCUT2D eigenvalue weighted by atomic mass is 32.1. The summed E-state index contributed by atoms with van der Waals surface area (Å²) in [5, 5.41) is 6.06. The number of rotatable bonds is 4. The third-order valence-electron chi connectivity index (χ3n) is 4.63. The van der Waals surface area contributed by atoms with Crippen LogP contribution in [0.2, 0.25) is 0 Å². The maximum Gasteiger partial charge on any atom is 0.231 e. The van der Waals surface area contributed by atoms with Gasteiger partial charge in [-0.25, -0.2) is 0 Å². The quantitative estimate of drug-likeness (QED) is 0.509. The minimum Gasteiger partial charge on any atom is -0.454 e. The zero-order chi connectivity index (χ0) is 19.8. The molecule has 1 aliphatic heterocycles. The smallest absolute Gasteiger partial charge is 0.231 e. The average molecular weight is 421 g/mol. The van der Waals surface area contributed by atoms with Gasteiger partial charge in [0.1, 0.15) is 5.00 Å². The Hall–Kier alpha value is -3.16. The summed E-state index contributed by atoms with van der Waals surface area (Å²) in [5.74, 6) is 1.09. The number of hydrogen-bond donors (Lipinski definition) is 1. The molecule has 2 aromatic heterocycles. The van der Waals surface area contributed by atoms with Crippen molar-refractivity contribution in [3.05, 3.63) is 75.1 Å². The number of anilines is 1. The van der Waals surface area contributed by atoms with Crippen molar-refractivity contribution in [2.24, 2.45) is 0 Å². The number of fused-ring (bicyclic) bond motifs is 2. The molecule has 1 amide bonds. The van der Waals surface area contributed by atoms with E-state index in [4.69, 9.17) is 9.47 Å². The summed E-state index contributed by atoms with van der Waals surface area (Å²) < 4.78 is 11.7. The van der Waals surface area contributed by atoms with Crippen molar-refractivity contribution in [2.45, 2.75) is 6.42 Å². The first-order chi connectivity index (χ1) is 14.2. The van der Waals surface area contributed by atoms with E-state index in [0.717, 1.165) is 9.58 Å². The van der Waals surface area contributed by atoms with Gasteiger partial charge in [0.15, 0.2) is 16.9 Å². The molecule has 0 spiro atoms. The fraction of sp³-hybridized carbons (Fsp3) is 0.0909. The van der Waals surface area contributed by atoms with Gasteiger partial charge in [0.2, 0.25) is 12.7 Å². The number of carbonyl (C=O) groups excluding carboxylic acids is 1.